The molecule has 1 saturated heterocycles. The fraction of sp³-hybridized carbons (Fsp3) is 0.600. The lowest BCUT2D eigenvalue weighted by Gasteiger charge is -2.30. The minimum Gasteiger partial charge on any atom is -0.337 e. The van der Waals surface area contributed by atoms with Gasteiger partial charge in [0.25, 0.3) is 5.91 Å². The summed E-state index contributed by atoms with van der Waals surface area (Å²) in [5.41, 5.74) is 1.73. The average molecular weight is 336 g/mol. The van der Waals surface area contributed by atoms with Gasteiger partial charge in [-0.25, -0.2) is 4.98 Å². The van der Waals surface area contributed by atoms with Crippen LogP contribution < -0.4 is 0 Å². The van der Waals surface area contributed by atoms with Crippen molar-refractivity contribution >= 4 is 28.8 Å². The average Bonchev–Trinajstić information content (AvgIpc) is 3.17. The molecule has 2 aromatic rings. The fourth-order valence-corrected chi connectivity index (χ4v) is 4.22. The first-order valence-electron chi connectivity index (χ1n) is 7.47. The van der Waals surface area contributed by atoms with Crippen molar-refractivity contribution in [2.24, 2.45) is 0 Å². The van der Waals surface area contributed by atoms with E-state index in [1.54, 1.807) is 16.7 Å². The van der Waals surface area contributed by atoms with Crippen LogP contribution in [-0.4, -0.2) is 38.5 Å². The second kappa shape index (κ2) is 6.04. The Balaban J connectivity index is 1.62. The zero-order valence-corrected chi connectivity index (χ0v) is 14.7. The lowest BCUT2D eigenvalue weighted by Crippen LogP contribution is -2.38. The van der Waals surface area contributed by atoms with Crippen molar-refractivity contribution in [3.05, 3.63) is 27.2 Å². The van der Waals surface area contributed by atoms with Gasteiger partial charge in [-0.3, -0.25) is 4.79 Å². The maximum absolute atomic E-state index is 12.3. The van der Waals surface area contributed by atoms with E-state index in [1.807, 2.05) is 4.90 Å². The molecule has 118 valence electrons. The van der Waals surface area contributed by atoms with Gasteiger partial charge in [-0.2, -0.15) is 0 Å². The molecule has 0 radical (unpaired) electrons. The molecular weight excluding hydrogens is 316 g/mol. The molecule has 22 heavy (non-hydrogen) atoms. The number of thiazole rings is 1. The Bertz CT molecular complexity index is 637. The highest BCUT2D eigenvalue weighted by atomic mass is 32.1. The normalized spacial score (nSPS) is 17.0. The van der Waals surface area contributed by atoms with E-state index in [9.17, 15) is 4.79 Å². The molecule has 3 heterocycles. The summed E-state index contributed by atoms with van der Waals surface area (Å²) in [4.78, 5) is 19.0. The minimum atomic E-state index is 0.00159. The number of aromatic nitrogens is 3. The fourth-order valence-electron chi connectivity index (χ4n) is 2.57. The van der Waals surface area contributed by atoms with Gasteiger partial charge in [0.15, 0.2) is 5.69 Å². The van der Waals surface area contributed by atoms with E-state index >= 15 is 0 Å². The second-order valence-corrected chi connectivity index (χ2v) is 8.18. The van der Waals surface area contributed by atoms with Crippen LogP contribution in [0.4, 0.5) is 0 Å². The van der Waals surface area contributed by atoms with Crippen LogP contribution in [0.2, 0.25) is 0 Å². The minimum absolute atomic E-state index is 0.00159. The molecule has 0 N–H and O–H groups in total. The number of carbonyl (C=O) groups is 1. The highest BCUT2D eigenvalue weighted by Crippen LogP contribution is 2.33. The molecule has 2 aromatic heterocycles. The molecule has 0 bridgehead atoms. The summed E-state index contributed by atoms with van der Waals surface area (Å²) in [6.45, 7) is 8.11. The Kier molecular flexibility index (Phi) is 4.27. The Morgan fingerprint density at radius 1 is 1.27 bits per heavy atom. The second-order valence-electron chi connectivity index (χ2n) is 6.68. The molecule has 0 spiro atoms. The van der Waals surface area contributed by atoms with E-state index in [0.717, 1.165) is 25.9 Å². The molecule has 3 rings (SSSR count). The van der Waals surface area contributed by atoms with Crippen LogP contribution in [0.1, 0.15) is 60.7 Å². The van der Waals surface area contributed by atoms with E-state index in [1.165, 1.54) is 22.2 Å². The number of hydrogen-bond donors (Lipinski definition) is 0. The van der Waals surface area contributed by atoms with Crippen molar-refractivity contribution < 1.29 is 4.79 Å². The molecule has 0 saturated carbocycles. The van der Waals surface area contributed by atoms with E-state index in [-0.39, 0.29) is 11.3 Å². The van der Waals surface area contributed by atoms with Crippen LogP contribution in [0.15, 0.2) is 10.8 Å². The summed E-state index contributed by atoms with van der Waals surface area (Å²) in [5.74, 6) is 0.473. The Labute approximate surface area is 138 Å². The van der Waals surface area contributed by atoms with E-state index in [4.69, 9.17) is 4.98 Å². The van der Waals surface area contributed by atoms with Crippen LogP contribution in [0.5, 0.6) is 0 Å². The summed E-state index contributed by atoms with van der Waals surface area (Å²) >= 11 is 2.97. The number of piperidine rings is 1. The Hall–Kier alpha value is -1.34. The first kappa shape index (κ1) is 15.6. The molecule has 1 aliphatic heterocycles. The number of amides is 1. The van der Waals surface area contributed by atoms with Gasteiger partial charge in [-0.1, -0.05) is 25.3 Å². The molecule has 0 atom stereocenters. The van der Waals surface area contributed by atoms with Gasteiger partial charge < -0.3 is 4.90 Å². The molecule has 0 aliphatic carbocycles. The van der Waals surface area contributed by atoms with Crippen molar-refractivity contribution in [3.8, 4) is 0 Å². The van der Waals surface area contributed by atoms with Crippen molar-refractivity contribution in [1.82, 2.24) is 19.5 Å². The number of carbonyl (C=O) groups excluding carboxylic acids is 1. The smallest absolute Gasteiger partial charge is 0.275 e. The third-order valence-corrected chi connectivity index (χ3v) is 5.51. The maximum atomic E-state index is 12.3. The quantitative estimate of drug-likeness (QED) is 0.844. The first-order valence-corrected chi connectivity index (χ1v) is 9.19. The van der Waals surface area contributed by atoms with Crippen molar-refractivity contribution in [2.45, 2.75) is 44.9 Å². The van der Waals surface area contributed by atoms with Crippen molar-refractivity contribution in [3.63, 3.8) is 0 Å². The maximum Gasteiger partial charge on any atom is 0.275 e. The summed E-state index contributed by atoms with van der Waals surface area (Å²) in [5, 5.41) is 8.97. The van der Waals surface area contributed by atoms with Gasteiger partial charge in [0, 0.05) is 35.2 Å². The Morgan fingerprint density at radius 2 is 2.00 bits per heavy atom. The van der Waals surface area contributed by atoms with Crippen LogP contribution in [0.25, 0.3) is 0 Å². The summed E-state index contributed by atoms with van der Waals surface area (Å²) < 4.78 is 3.76. The molecular formula is C15H20N4OS2. The van der Waals surface area contributed by atoms with E-state index in [0.29, 0.717) is 11.6 Å². The van der Waals surface area contributed by atoms with Gasteiger partial charge in [-0.15, -0.1) is 16.4 Å². The van der Waals surface area contributed by atoms with Crippen LogP contribution in [0, 0.1) is 0 Å². The molecule has 1 aliphatic rings. The summed E-state index contributed by atoms with van der Waals surface area (Å²) in [6.07, 6.45) is 1.95. The van der Waals surface area contributed by atoms with Gasteiger partial charge >= 0.3 is 0 Å². The van der Waals surface area contributed by atoms with Crippen LogP contribution in [0.3, 0.4) is 0 Å². The third-order valence-electron chi connectivity index (χ3n) is 4.00. The standard InChI is InChI=1S/C15H20N4OS2/c1-15(2,3)12-9-21-13(16-12)10-4-6-19(7-5-10)14(20)11-8-22-18-17-11/h8-10H,4-7H2,1-3H3. The number of rotatable bonds is 2. The van der Waals surface area contributed by atoms with Gasteiger partial charge in [0.2, 0.25) is 0 Å². The molecule has 5 nitrogen and oxygen atoms in total. The SMILES string of the molecule is CC(C)(C)c1csc(C2CCN(C(=O)c3csnn3)CC2)n1. The topological polar surface area (TPSA) is 59.0 Å². The predicted octanol–water partition coefficient (Wildman–Crippen LogP) is 3.31. The molecule has 1 fully saturated rings. The van der Waals surface area contributed by atoms with Crippen molar-refractivity contribution in [1.29, 1.82) is 0 Å². The van der Waals surface area contributed by atoms with E-state index in [2.05, 4.69) is 35.7 Å². The largest absolute Gasteiger partial charge is 0.337 e. The lowest BCUT2D eigenvalue weighted by molar-refractivity contribution is 0.0707. The molecule has 0 unspecified atom stereocenters. The number of hydrogen-bond acceptors (Lipinski definition) is 6. The van der Waals surface area contributed by atoms with Gasteiger partial charge in [-0.05, 0) is 24.4 Å². The molecule has 1 amide bonds. The first-order chi connectivity index (χ1) is 10.4. The summed E-state index contributed by atoms with van der Waals surface area (Å²) in [7, 11) is 0. The van der Waals surface area contributed by atoms with Gasteiger partial charge in [0.1, 0.15) is 0 Å². The van der Waals surface area contributed by atoms with Crippen LogP contribution in [-0.2, 0) is 5.41 Å². The number of nitrogens with zero attached hydrogens (tertiary/aromatic N) is 4. The predicted molar refractivity (Wildman–Crippen MR) is 88.6 cm³/mol. The Morgan fingerprint density at radius 3 is 2.55 bits per heavy atom. The van der Waals surface area contributed by atoms with E-state index < -0.39 is 0 Å². The zero-order valence-electron chi connectivity index (χ0n) is 13.1. The highest BCUT2D eigenvalue weighted by Gasteiger charge is 2.28. The lowest BCUT2D eigenvalue weighted by atomic mass is 9.93. The monoisotopic (exact) mass is 336 g/mol. The van der Waals surface area contributed by atoms with Gasteiger partial charge in [0.05, 0.1) is 10.7 Å². The molecule has 0 aromatic carbocycles. The number of likely N-dealkylation sites (tertiary alicyclic amines) is 1. The summed E-state index contributed by atoms with van der Waals surface area (Å²) in [6, 6.07) is 0. The highest BCUT2D eigenvalue weighted by molar-refractivity contribution is 7.09. The third kappa shape index (κ3) is 3.20. The van der Waals surface area contributed by atoms with Crippen LogP contribution >= 0.6 is 22.9 Å². The molecule has 7 heteroatoms. The zero-order chi connectivity index (χ0) is 15.7. The van der Waals surface area contributed by atoms with Crippen molar-refractivity contribution in [2.75, 3.05) is 13.1 Å².